The molecular weight excluding hydrogens is 254 g/mol. The molecule has 18 heavy (non-hydrogen) atoms. The molecule has 0 aliphatic carbocycles. The molecule has 0 aliphatic heterocycles. The summed E-state index contributed by atoms with van der Waals surface area (Å²) in [4.78, 5) is 14.9. The van der Waals surface area contributed by atoms with E-state index in [1.54, 1.807) is 24.3 Å². The molecule has 0 radical (unpaired) electrons. The highest BCUT2D eigenvalue weighted by Crippen LogP contribution is 2.27. The average molecular weight is 264 g/mol. The smallest absolute Gasteiger partial charge is 0.267 e. The number of nitrogen functional groups attached to an aromatic ring is 1. The first-order chi connectivity index (χ1) is 8.56. The first-order valence-corrected chi connectivity index (χ1v) is 5.44. The second-order valence-electron chi connectivity index (χ2n) is 3.51. The van der Waals surface area contributed by atoms with Crippen molar-refractivity contribution in [2.75, 3.05) is 5.73 Å². The SMILES string of the molecule is NC(=O)c1ccc(N)c(Oc2cccc(Cl)c2)n1. The summed E-state index contributed by atoms with van der Waals surface area (Å²) >= 11 is 5.83. The predicted octanol–water partition coefficient (Wildman–Crippen LogP) is 2.21. The van der Waals surface area contributed by atoms with Crippen LogP contribution in [0.25, 0.3) is 0 Å². The van der Waals surface area contributed by atoms with Gasteiger partial charge in [-0.15, -0.1) is 0 Å². The zero-order chi connectivity index (χ0) is 13.1. The summed E-state index contributed by atoms with van der Waals surface area (Å²) in [5.74, 6) is -0.0529. The van der Waals surface area contributed by atoms with Crippen LogP contribution >= 0.6 is 11.6 Å². The first kappa shape index (κ1) is 12.2. The number of nitrogens with two attached hydrogens (primary N) is 2. The van der Waals surface area contributed by atoms with Crippen LogP contribution in [-0.4, -0.2) is 10.9 Å². The summed E-state index contributed by atoms with van der Waals surface area (Å²) in [6.07, 6.45) is 0. The van der Waals surface area contributed by atoms with Gasteiger partial charge in [-0.3, -0.25) is 4.79 Å². The number of primary amides is 1. The van der Waals surface area contributed by atoms with Crippen LogP contribution in [0.4, 0.5) is 5.69 Å². The highest BCUT2D eigenvalue weighted by molar-refractivity contribution is 6.30. The molecule has 92 valence electrons. The van der Waals surface area contributed by atoms with Crippen molar-refractivity contribution in [3.63, 3.8) is 0 Å². The summed E-state index contributed by atoms with van der Waals surface area (Å²) in [5, 5.41) is 0.525. The number of carbonyl (C=O) groups excluding carboxylic acids is 1. The second-order valence-corrected chi connectivity index (χ2v) is 3.95. The van der Waals surface area contributed by atoms with E-state index in [0.29, 0.717) is 16.5 Å². The molecule has 0 atom stereocenters. The van der Waals surface area contributed by atoms with Gasteiger partial charge in [0.1, 0.15) is 11.4 Å². The zero-order valence-electron chi connectivity index (χ0n) is 9.26. The number of amides is 1. The minimum atomic E-state index is -0.647. The van der Waals surface area contributed by atoms with Crippen LogP contribution in [0.3, 0.4) is 0 Å². The number of ether oxygens (including phenoxy) is 1. The quantitative estimate of drug-likeness (QED) is 0.888. The molecule has 0 bridgehead atoms. The third kappa shape index (κ3) is 2.70. The number of halogens is 1. The standard InChI is InChI=1S/C12H10ClN3O2/c13-7-2-1-3-8(6-7)18-12-9(14)4-5-10(16-12)11(15)17/h1-6H,14H2,(H2,15,17). The fourth-order valence-corrected chi connectivity index (χ4v) is 1.49. The van der Waals surface area contributed by atoms with E-state index in [9.17, 15) is 4.79 Å². The number of pyridine rings is 1. The molecule has 2 rings (SSSR count). The Morgan fingerprint density at radius 3 is 2.72 bits per heavy atom. The Hall–Kier alpha value is -2.27. The van der Waals surface area contributed by atoms with Gasteiger partial charge < -0.3 is 16.2 Å². The normalized spacial score (nSPS) is 10.1. The number of hydrogen-bond acceptors (Lipinski definition) is 4. The molecule has 2 aromatic rings. The Morgan fingerprint density at radius 2 is 2.06 bits per heavy atom. The molecule has 0 saturated heterocycles. The average Bonchev–Trinajstić information content (AvgIpc) is 2.31. The maximum absolute atomic E-state index is 11.0. The van der Waals surface area contributed by atoms with E-state index < -0.39 is 5.91 Å². The van der Waals surface area contributed by atoms with Gasteiger partial charge in [0.25, 0.3) is 5.91 Å². The minimum absolute atomic E-state index is 0.0845. The van der Waals surface area contributed by atoms with Crippen molar-refractivity contribution < 1.29 is 9.53 Å². The Morgan fingerprint density at radius 1 is 1.28 bits per heavy atom. The van der Waals surface area contributed by atoms with Crippen LogP contribution < -0.4 is 16.2 Å². The number of hydrogen-bond donors (Lipinski definition) is 2. The molecule has 5 nitrogen and oxygen atoms in total. The number of anilines is 1. The molecule has 0 aliphatic rings. The zero-order valence-corrected chi connectivity index (χ0v) is 10.0. The Balaban J connectivity index is 2.33. The first-order valence-electron chi connectivity index (χ1n) is 5.06. The van der Waals surface area contributed by atoms with Crippen molar-refractivity contribution in [3.05, 3.63) is 47.1 Å². The lowest BCUT2D eigenvalue weighted by atomic mass is 10.3. The van der Waals surface area contributed by atoms with Gasteiger partial charge in [-0.25, -0.2) is 4.98 Å². The lowest BCUT2D eigenvalue weighted by molar-refractivity contribution is 0.0995. The second kappa shape index (κ2) is 4.93. The van der Waals surface area contributed by atoms with E-state index >= 15 is 0 Å². The van der Waals surface area contributed by atoms with Gasteiger partial charge in [0.05, 0.1) is 5.69 Å². The van der Waals surface area contributed by atoms with Crippen molar-refractivity contribution in [1.29, 1.82) is 0 Å². The van der Waals surface area contributed by atoms with Gasteiger partial charge in [-0.1, -0.05) is 17.7 Å². The van der Waals surface area contributed by atoms with Gasteiger partial charge >= 0.3 is 0 Å². The van der Waals surface area contributed by atoms with Crippen molar-refractivity contribution in [2.45, 2.75) is 0 Å². The maximum atomic E-state index is 11.0. The fourth-order valence-electron chi connectivity index (χ4n) is 1.31. The van der Waals surface area contributed by atoms with Crippen molar-refractivity contribution in [3.8, 4) is 11.6 Å². The molecule has 1 amide bonds. The van der Waals surface area contributed by atoms with Crippen LogP contribution in [0.15, 0.2) is 36.4 Å². The molecule has 0 unspecified atom stereocenters. The summed E-state index contributed by atoms with van der Waals surface area (Å²) in [7, 11) is 0. The Bertz CT molecular complexity index is 602. The molecule has 0 spiro atoms. The van der Waals surface area contributed by atoms with Gasteiger partial charge in [0.2, 0.25) is 5.88 Å². The minimum Gasteiger partial charge on any atom is -0.437 e. The molecule has 6 heteroatoms. The molecule has 0 fully saturated rings. The van der Waals surface area contributed by atoms with Crippen molar-refractivity contribution in [2.24, 2.45) is 5.73 Å². The van der Waals surface area contributed by atoms with Crippen LogP contribution in [0, 0.1) is 0 Å². The Labute approximate surface area is 108 Å². The third-order valence-electron chi connectivity index (χ3n) is 2.15. The van der Waals surface area contributed by atoms with Gasteiger partial charge in [0.15, 0.2) is 0 Å². The monoisotopic (exact) mass is 263 g/mol. The topological polar surface area (TPSA) is 91.2 Å². The highest BCUT2D eigenvalue weighted by atomic mass is 35.5. The number of nitrogens with zero attached hydrogens (tertiary/aromatic N) is 1. The number of rotatable bonds is 3. The molecule has 1 heterocycles. The van der Waals surface area contributed by atoms with E-state index in [2.05, 4.69) is 4.98 Å². The summed E-state index contributed by atoms with van der Waals surface area (Å²) in [5.41, 5.74) is 11.2. The third-order valence-corrected chi connectivity index (χ3v) is 2.39. The van der Waals surface area contributed by atoms with Crippen LogP contribution in [0.5, 0.6) is 11.6 Å². The number of aromatic nitrogens is 1. The number of carbonyl (C=O) groups is 1. The highest BCUT2D eigenvalue weighted by Gasteiger charge is 2.09. The van der Waals surface area contributed by atoms with E-state index in [4.69, 9.17) is 27.8 Å². The largest absolute Gasteiger partial charge is 0.437 e. The van der Waals surface area contributed by atoms with Crippen molar-refractivity contribution in [1.82, 2.24) is 4.98 Å². The van der Waals surface area contributed by atoms with E-state index in [1.807, 2.05) is 0 Å². The Kier molecular flexibility index (Phi) is 3.34. The molecule has 1 aromatic carbocycles. The molecule has 4 N–H and O–H groups in total. The van der Waals surface area contributed by atoms with Crippen LogP contribution in [0.1, 0.15) is 10.5 Å². The van der Waals surface area contributed by atoms with Crippen molar-refractivity contribution >= 4 is 23.2 Å². The van der Waals surface area contributed by atoms with Gasteiger partial charge in [-0.2, -0.15) is 0 Å². The molecule has 0 saturated carbocycles. The van der Waals surface area contributed by atoms with E-state index in [0.717, 1.165) is 0 Å². The van der Waals surface area contributed by atoms with E-state index in [-0.39, 0.29) is 11.6 Å². The number of benzene rings is 1. The molecule has 1 aromatic heterocycles. The maximum Gasteiger partial charge on any atom is 0.267 e. The summed E-state index contributed by atoms with van der Waals surface area (Å²) in [6.45, 7) is 0. The molecular formula is C12H10ClN3O2. The summed E-state index contributed by atoms with van der Waals surface area (Å²) < 4.78 is 5.45. The lowest BCUT2D eigenvalue weighted by Crippen LogP contribution is -2.13. The van der Waals surface area contributed by atoms with Gasteiger partial charge in [0, 0.05) is 5.02 Å². The lowest BCUT2D eigenvalue weighted by Gasteiger charge is -2.08. The fraction of sp³-hybridized carbons (Fsp3) is 0. The van der Waals surface area contributed by atoms with Crippen LogP contribution in [0.2, 0.25) is 5.02 Å². The van der Waals surface area contributed by atoms with Gasteiger partial charge in [-0.05, 0) is 30.3 Å². The van der Waals surface area contributed by atoms with Crippen LogP contribution in [-0.2, 0) is 0 Å². The van der Waals surface area contributed by atoms with E-state index in [1.165, 1.54) is 12.1 Å². The predicted molar refractivity (Wildman–Crippen MR) is 68.7 cm³/mol. The summed E-state index contributed by atoms with van der Waals surface area (Å²) in [6, 6.07) is 9.69.